The van der Waals surface area contributed by atoms with Crippen LogP contribution in [0, 0.1) is 0 Å². The van der Waals surface area contributed by atoms with E-state index in [1.165, 1.54) is 0 Å². The minimum atomic E-state index is -0.284. The van der Waals surface area contributed by atoms with Gasteiger partial charge in [0.25, 0.3) is 0 Å². The second-order valence-electron chi connectivity index (χ2n) is 2.28. The standard InChI is InChI=1S/C9H9BrO2/c1-12-9-5-3-2-4-7(9)8(10)6-11/h2-6,8H,1H3. The number of benzene rings is 1. The molecule has 0 N–H and O–H groups in total. The molecule has 2 nitrogen and oxygen atoms in total. The first-order valence-electron chi connectivity index (χ1n) is 3.52. The topological polar surface area (TPSA) is 26.3 Å². The number of rotatable bonds is 3. The number of carbonyl (C=O) groups excluding carboxylic acids is 1. The van der Waals surface area contributed by atoms with E-state index in [1.54, 1.807) is 7.11 Å². The van der Waals surface area contributed by atoms with Crippen LogP contribution in [0.25, 0.3) is 0 Å². The predicted octanol–water partition coefficient (Wildman–Crippen LogP) is 2.33. The average Bonchev–Trinajstić information content (AvgIpc) is 2.16. The van der Waals surface area contributed by atoms with Crippen LogP contribution in [0.4, 0.5) is 0 Å². The van der Waals surface area contributed by atoms with Crippen LogP contribution >= 0.6 is 15.9 Å². The van der Waals surface area contributed by atoms with Crippen LogP contribution in [0.1, 0.15) is 10.4 Å². The lowest BCUT2D eigenvalue weighted by atomic mass is 10.1. The zero-order chi connectivity index (χ0) is 8.97. The summed E-state index contributed by atoms with van der Waals surface area (Å²) in [7, 11) is 1.59. The number of halogens is 1. The molecule has 1 unspecified atom stereocenters. The Morgan fingerprint density at radius 1 is 1.50 bits per heavy atom. The fraction of sp³-hybridized carbons (Fsp3) is 0.222. The van der Waals surface area contributed by atoms with Crippen LogP contribution in [0.5, 0.6) is 5.75 Å². The van der Waals surface area contributed by atoms with Crippen molar-refractivity contribution < 1.29 is 9.53 Å². The highest BCUT2D eigenvalue weighted by molar-refractivity contribution is 9.09. The molecule has 0 heterocycles. The van der Waals surface area contributed by atoms with Gasteiger partial charge in [0.15, 0.2) is 0 Å². The first-order chi connectivity index (χ1) is 5.79. The lowest BCUT2D eigenvalue weighted by Gasteiger charge is -2.08. The number of hydrogen-bond donors (Lipinski definition) is 0. The van der Waals surface area contributed by atoms with E-state index in [9.17, 15) is 4.79 Å². The third kappa shape index (κ3) is 1.85. The van der Waals surface area contributed by atoms with Crippen molar-refractivity contribution in [2.75, 3.05) is 7.11 Å². The number of para-hydroxylation sites is 1. The van der Waals surface area contributed by atoms with Crippen LogP contribution in [0.3, 0.4) is 0 Å². The van der Waals surface area contributed by atoms with Gasteiger partial charge in [-0.1, -0.05) is 34.1 Å². The molecule has 0 aliphatic heterocycles. The molecule has 64 valence electrons. The van der Waals surface area contributed by atoms with Crippen LogP contribution in [-0.4, -0.2) is 13.4 Å². The summed E-state index contributed by atoms with van der Waals surface area (Å²) in [6.07, 6.45) is 0.831. The molecule has 1 aromatic carbocycles. The first kappa shape index (κ1) is 9.26. The minimum absolute atomic E-state index is 0.284. The molecule has 0 amide bonds. The summed E-state index contributed by atoms with van der Waals surface area (Å²) in [5.74, 6) is 0.728. The van der Waals surface area contributed by atoms with Crippen molar-refractivity contribution in [1.29, 1.82) is 0 Å². The quantitative estimate of drug-likeness (QED) is 0.587. The zero-order valence-corrected chi connectivity index (χ0v) is 8.24. The average molecular weight is 229 g/mol. The van der Waals surface area contributed by atoms with Crippen molar-refractivity contribution in [2.24, 2.45) is 0 Å². The highest BCUT2D eigenvalue weighted by atomic mass is 79.9. The van der Waals surface area contributed by atoms with Crippen molar-refractivity contribution in [3.05, 3.63) is 29.8 Å². The summed E-state index contributed by atoms with van der Waals surface area (Å²) in [6, 6.07) is 7.42. The Hall–Kier alpha value is -0.830. The molecule has 1 atom stereocenters. The van der Waals surface area contributed by atoms with E-state index < -0.39 is 0 Å². The Kier molecular flexibility index (Phi) is 3.29. The minimum Gasteiger partial charge on any atom is -0.496 e. The lowest BCUT2D eigenvalue weighted by molar-refractivity contribution is -0.107. The molecule has 0 aliphatic carbocycles. The van der Waals surface area contributed by atoms with Gasteiger partial charge in [-0.25, -0.2) is 0 Å². The molecular weight excluding hydrogens is 220 g/mol. The Balaban J connectivity index is 3.04. The van der Waals surface area contributed by atoms with E-state index in [4.69, 9.17) is 4.74 Å². The number of carbonyl (C=O) groups is 1. The molecular formula is C9H9BrO2. The third-order valence-electron chi connectivity index (χ3n) is 1.56. The Morgan fingerprint density at radius 2 is 2.17 bits per heavy atom. The number of ether oxygens (including phenoxy) is 1. The highest BCUT2D eigenvalue weighted by Crippen LogP contribution is 2.28. The van der Waals surface area contributed by atoms with Gasteiger partial charge in [-0.2, -0.15) is 0 Å². The first-order valence-corrected chi connectivity index (χ1v) is 4.43. The SMILES string of the molecule is COc1ccccc1C(Br)C=O. The van der Waals surface area contributed by atoms with Crippen LogP contribution < -0.4 is 4.74 Å². The highest BCUT2D eigenvalue weighted by Gasteiger charge is 2.09. The number of hydrogen-bond acceptors (Lipinski definition) is 2. The maximum Gasteiger partial charge on any atom is 0.138 e. The monoisotopic (exact) mass is 228 g/mol. The maximum absolute atomic E-state index is 10.5. The summed E-state index contributed by atoms with van der Waals surface area (Å²) in [6.45, 7) is 0. The molecule has 0 fully saturated rings. The van der Waals surface area contributed by atoms with Crippen molar-refractivity contribution in [3.63, 3.8) is 0 Å². The molecule has 0 aliphatic rings. The van der Waals surface area contributed by atoms with Crippen LogP contribution in [0.2, 0.25) is 0 Å². The molecule has 0 bridgehead atoms. The normalized spacial score (nSPS) is 12.2. The number of methoxy groups -OCH3 is 1. The van der Waals surface area contributed by atoms with Gasteiger partial charge < -0.3 is 9.53 Å². The van der Waals surface area contributed by atoms with Crippen molar-refractivity contribution in [3.8, 4) is 5.75 Å². The van der Waals surface area contributed by atoms with E-state index in [0.717, 1.165) is 17.6 Å². The molecule has 1 aromatic rings. The van der Waals surface area contributed by atoms with Crippen LogP contribution in [0.15, 0.2) is 24.3 Å². The molecule has 0 spiro atoms. The second kappa shape index (κ2) is 4.26. The lowest BCUT2D eigenvalue weighted by Crippen LogP contribution is -1.95. The van der Waals surface area contributed by atoms with Gasteiger partial charge >= 0.3 is 0 Å². The zero-order valence-electron chi connectivity index (χ0n) is 6.66. The van der Waals surface area contributed by atoms with Crippen molar-refractivity contribution >= 4 is 22.2 Å². The summed E-state index contributed by atoms with van der Waals surface area (Å²) in [5.41, 5.74) is 0.856. The Bertz CT molecular complexity index is 273. The summed E-state index contributed by atoms with van der Waals surface area (Å²) >= 11 is 3.23. The molecule has 1 rings (SSSR count). The molecule has 0 saturated carbocycles. The van der Waals surface area contributed by atoms with Gasteiger partial charge in [0.2, 0.25) is 0 Å². The van der Waals surface area contributed by atoms with E-state index in [1.807, 2.05) is 24.3 Å². The third-order valence-corrected chi connectivity index (χ3v) is 2.26. The molecule has 0 aromatic heterocycles. The van der Waals surface area contributed by atoms with Gasteiger partial charge in [-0.15, -0.1) is 0 Å². The largest absolute Gasteiger partial charge is 0.496 e. The number of alkyl halides is 1. The van der Waals surface area contributed by atoms with E-state index in [2.05, 4.69) is 15.9 Å². The fourth-order valence-corrected chi connectivity index (χ4v) is 1.35. The molecule has 3 heteroatoms. The van der Waals surface area contributed by atoms with E-state index >= 15 is 0 Å². The number of aldehydes is 1. The fourth-order valence-electron chi connectivity index (χ4n) is 0.968. The summed E-state index contributed by atoms with van der Waals surface area (Å²) in [5, 5.41) is 0. The van der Waals surface area contributed by atoms with Gasteiger partial charge in [0, 0.05) is 5.56 Å². The van der Waals surface area contributed by atoms with Crippen molar-refractivity contribution in [2.45, 2.75) is 4.83 Å². The van der Waals surface area contributed by atoms with Gasteiger partial charge in [0.05, 0.1) is 11.9 Å². The van der Waals surface area contributed by atoms with Gasteiger partial charge in [-0.3, -0.25) is 0 Å². The second-order valence-corrected chi connectivity index (χ2v) is 3.27. The molecule has 12 heavy (non-hydrogen) atoms. The summed E-state index contributed by atoms with van der Waals surface area (Å²) < 4.78 is 5.08. The van der Waals surface area contributed by atoms with E-state index in [-0.39, 0.29) is 4.83 Å². The maximum atomic E-state index is 10.5. The Labute approximate surface area is 79.7 Å². The smallest absolute Gasteiger partial charge is 0.138 e. The van der Waals surface area contributed by atoms with E-state index in [0.29, 0.717) is 0 Å². The Morgan fingerprint density at radius 3 is 2.75 bits per heavy atom. The predicted molar refractivity (Wildman–Crippen MR) is 50.7 cm³/mol. The van der Waals surface area contributed by atoms with Crippen molar-refractivity contribution in [1.82, 2.24) is 0 Å². The molecule has 0 radical (unpaired) electrons. The van der Waals surface area contributed by atoms with Gasteiger partial charge in [-0.05, 0) is 6.07 Å². The van der Waals surface area contributed by atoms with Crippen LogP contribution in [-0.2, 0) is 4.79 Å². The van der Waals surface area contributed by atoms with Gasteiger partial charge in [0.1, 0.15) is 12.0 Å². The summed E-state index contributed by atoms with van der Waals surface area (Å²) in [4.78, 5) is 10.2. The molecule has 0 saturated heterocycles.